The maximum Gasteiger partial charge on any atom is 0.0125 e. The summed E-state index contributed by atoms with van der Waals surface area (Å²) in [7, 11) is 0. The molecule has 3 aliphatic carbocycles. The van der Waals surface area contributed by atoms with Crippen LogP contribution in [0.1, 0.15) is 117 Å². The summed E-state index contributed by atoms with van der Waals surface area (Å²) >= 11 is 0. The van der Waals surface area contributed by atoms with Crippen molar-refractivity contribution in [3.8, 4) is 0 Å². The van der Waals surface area contributed by atoms with E-state index in [-0.39, 0.29) is 0 Å². The Labute approximate surface area is 152 Å². The number of rotatable bonds is 0. The van der Waals surface area contributed by atoms with Crippen molar-refractivity contribution >= 4 is 0 Å². The minimum atomic E-state index is 0.389. The van der Waals surface area contributed by atoms with Crippen molar-refractivity contribution in [3.63, 3.8) is 0 Å². The van der Waals surface area contributed by atoms with E-state index in [9.17, 15) is 0 Å². The van der Waals surface area contributed by atoms with E-state index < -0.39 is 0 Å². The predicted octanol–water partition coefficient (Wildman–Crippen LogP) is 6.95. The van der Waals surface area contributed by atoms with Crippen LogP contribution in [-0.4, -0.2) is 23.5 Å². The average Bonchev–Trinajstić information content (AvgIpc) is 3.19. The standard InChI is InChI=1S/C13H25N.C10H18/c1-12(2,3)14-10-8-13(9-11-14)6-4-5-7-13;1-2-6-10(7-3-1)8-4-5-9-10/h4-11H2,1-3H3;1-9H2. The van der Waals surface area contributed by atoms with Crippen molar-refractivity contribution in [3.05, 3.63) is 0 Å². The van der Waals surface area contributed by atoms with Gasteiger partial charge < -0.3 is 0 Å². The summed E-state index contributed by atoms with van der Waals surface area (Å²) in [4.78, 5) is 2.66. The largest absolute Gasteiger partial charge is 0.298 e. The van der Waals surface area contributed by atoms with Gasteiger partial charge in [-0.3, -0.25) is 4.90 Å². The lowest BCUT2D eigenvalue weighted by molar-refractivity contribution is 0.0455. The minimum Gasteiger partial charge on any atom is -0.298 e. The molecule has 0 aromatic rings. The third kappa shape index (κ3) is 4.57. The fourth-order valence-electron chi connectivity index (χ4n) is 6.20. The van der Waals surface area contributed by atoms with Gasteiger partial charge in [0.25, 0.3) is 0 Å². The maximum absolute atomic E-state index is 2.66. The second-order valence-corrected chi connectivity index (χ2v) is 10.6. The highest BCUT2D eigenvalue weighted by Crippen LogP contribution is 2.49. The van der Waals surface area contributed by atoms with Crippen LogP contribution in [0.25, 0.3) is 0 Å². The summed E-state index contributed by atoms with van der Waals surface area (Å²) in [6.45, 7) is 9.71. The van der Waals surface area contributed by atoms with Gasteiger partial charge in [0, 0.05) is 5.54 Å². The fraction of sp³-hybridized carbons (Fsp3) is 1.00. The molecule has 140 valence electrons. The summed E-state index contributed by atoms with van der Waals surface area (Å²) in [5.74, 6) is 0. The van der Waals surface area contributed by atoms with Gasteiger partial charge in [0.1, 0.15) is 0 Å². The Bertz CT molecular complexity index is 361. The molecule has 24 heavy (non-hydrogen) atoms. The zero-order valence-corrected chi connectivity index (χ0v) is 17.0. The van der Waals surface area contributed by atoms with Crippen LogP contribution in [0.4, 0.5) is 0 Å². The lowest BCUT2D eigenvalue weighted by Gasteiger charge is -2.45. The van der Waals surface area contributed by atoms with E-state index in [0.29, 0.717) is 5.54 Å². The Kier molecular flexibility index (Phi) is 6.00. The first kappa shape index (κ1) is 18.7. The van der Waals surface area contributed by atoms with Crippen molar-refractivity contribution in [1.82, 2.24) is 4.90 Å². The molecule has 0 N–H and O–H groups in total. The highest BCUT2D eigenvalue weighted by atomic mass is 15.2. The van der Waals surface area contributed by atoms with E-state index in [2.05, 4.69) is 25.7 Å². The lowest BCUT2D eigenvalue weighted by atomic mass is 9.73. The van der Waals surface area contributed by atoms with E-state index >= 15 is 0 Å². The Morgan fingerprint density at radius 3 is 1.21 bits per heavy atom. The van der Waals surface area contributed by atoms with Gasteiger partial charge in [0.2, 0.25) is 0 Å². The fourth-order valence-corrected chi connectivity index (χ4v) is 6.20. The highest BCUT2D eigenvalue weighted by molar-refractivity contribution is 4.92. The second kappa shape index (κ2) is 7.68. The maximum atomic E-state index is 2.66. The molecule has 1 saturated heterocycles. The molecule has 0 atom stereocenters. The molecule has 3 saturated carbocycles. The van der Waals surface area contributed by atoms with Crippen LogP contribution < -0.4 is 0 Å². The summed E-state index contributed by atoms with van der Waals surface area (Å²) in [6.07, 6.45) is 22.8. The number of piperidine rings is 1. The van der Waals surface area contributed by atoms with Crippen molar-refractivity contribution < 1.29 is 0 Å². The predicted molar refractivity (Wildman–Crippen MR) is 105 cm³/mol. The minimum absolute atomic E-state index is 0.389. The topological polar surface area (TPSA) is 3.24 Å². The number of nitrogens with zero attached hydrogens (tertiary/aromatic N) is 1. The van der Waals surface area contributed by atoms with Crippen LogP contribution in [-0.2, 0) is 0 Å². The average molecular weight is 334 g/mol. The zero-order chi connectivity index (χ0) is 17.1. The quantitative estimate of drug-likeness (QED) is 0.463. The van der Waals surface area contributed by atoms with E-state index in [1.165, 1.54) is 83.7 Å². The summed E-state index contributed by atoms with van der Waals surface area (Å²) < 4.78 is 0. The SMILES string of the molecule is C1CCC2(CC1)CCCC2.CC(C)(C)N1CCC2(CCCC2)CC1. The monoisotopic (exact) mass is 333 g/mol. The van der Waals surface area contributed by atoms with Crippen molar-refractivity contribution in [1.29, 1.82) is 0 Å². The van der Waals surface area contributed by atoms with Crippen LogP contribution in [0.3, 0.4) is 0 Å². The van der Waals surface area contributed by atoms with Crippen molar-refractivity contribution in [2.45, 2.75) is 123 Å². The molecule has 4 aliphatic rings. The van der Waals surface area contributed by atoms with Gasteiger partial charge in [0.05, 0.1) is 0 Å². The summed E-state index contributed by atoms with van der Waals surface area (Å²) in [5.41, 5.74) is 2.04. The molecule has 4 rings (SSSR count). The Morgan fingerprint density at radius 1 is 0.500 bits per heavy atom. The first-order valence-electron chi connectivity index (χ1n) is 11.2. The van der Waals surface area contributed by atoms with Crippen LogP contribution in [0.2, 0.25) is 0 Å². The molecule has 1 aliphatic heterocycles. The third-order valence-corrected chi connectivity index (χ3v) is 8.02. The molecule has 0 aromatic carbocycles. The van der Waals surface area contributed by atoms with Crippen LogP contribution in [0, 0.1) is 10.8 Å². The number of hydrogen-bond acceptors (Lipinski definition) is 1. The Hall–Kier alpha value is -0.0400. The smallest absolute Gasteiger partial charge is 0.0125 e. The van der Waals surface area contributed by atoms with Crippen LogP contribution in [0.5, 0.6) is 0 Å². The first-order valence-corrected chi connectivity index (χ1v) is 11.2. The first-order chi connectivity index (χ1) is 11.4. The van der Waals surface area contributed by atoms with Gasteiger partial charge >= 0.3 is 0 Å². The normalized spacial score (nSPS) is 29.6. The van der Waals surface area contributed by atoms with Crippen molar-refractivity contribution in [2.24, 2.45) is 10.8 Å². The highest BCUT2D eigenvalue weighted by Gasteiger charge is 2.39. The van der Waals surface area contributed by atoms with E-state index in [4.69, 9.17) is 0 Å². The molecular formula is C23H43N. The van der Waals surface area contributed by atoms with E-state index in [0.717, 1.165) is 10.8 Å². The third-order valence-electron chi connectivity index (χ3n) is 8.02. The van der Waals surface area contributed by atoms with E-state index in [1.807, 2.05) is 0 Å². The Balaban J connectivity index is 0.000000149. The molecule has 0 amide bonds. The molecule has 4 fully saturated rings. The molecule has 0 radical (unpaired) electrons. The molecule has 1 heterocycles. The van der Waals surface area contributed by atoms with Gasteiger partial charge in [-0.05, 0) is 96.1 Å². The molecular weight excluding hydrogens is 290 g/mol. The van der Waals surface area contributed by atoms with Crippen LogP contribution in [0.15, 0.2) is 0 Å². The van der Waals surface area contributed by atoms with Crippen LogP contribution >= 0.6 is 0 Å². The van der Waals surface area contributed by atoms with Crippen molar-refractivity contribution in [2.75, 3.05) is 13.1 Å². The molecule has 2 spiro atoms. The van der Waals surface area contributed by atoms with Gasteiger partial charge in [0.15, 0.2) is 0 Å². The molecule has 0 bridgehead atoms. The summed E-state index contributed by atoms with van der Waals surface area (Å²) in [5, 5.41) is 0. The second-order valence-electron chi connectivity index (χ2n) is 10.6. The molecule has 0 unspecified atom stereocenters. The van der Waals surface area contributed by atoms with Gasteiger partial charge in [-0.25, -0.2) is 0 Å². The number of likely N-dealkylation sites (tertiary alicyclic amines) is 1. The molecule has 1 heteroatoms. The van der Waals surface area contributed by atoms with Gasteiger partial charge in [-0.2, -0.15) is 0 Å². The van der Waals surface area contributed by atoms with Gasteiger partial charge in [-0.15, -0.1) is 0 Å². The lowest BCUT2D eigenvalue weighted by Crippen LogP contribution is -2.48. The molecule has 1 nitrogen and oxygen atoms in total. The summed E-state index contributed by atoms with van der Waals surface area (Å²) in [6, 6.07) is 0. The van der Waals surface area contributed by atoms with Gasteiger partial charge in [-0.1, -0.05) is 44.9 Å². The molecule has 0 aromatic heterocycles. The number of hydrogen-bond donors (Lipinski definition) is 0. The zero-order valence-electron chi connectivity index (χ0n) is 17.0. The van der Waals surface area contributed by atoms with E-state index in [1.54, 1.807) is 25.7 Å². The Morgan fingerprint density at radius 2 is 0.833 bits per heavy atom.